The largest absolute Gasteiger partial charge is 0.501 e. The van der Waals surface area contributed by atoms with Crippen LogP contribution in [0.4, 0.5) is 0 Å². The lowest BCUT2D eigenvalue weighted by Crippen LogP contribution is -2.50. The first kappa shape index (κ1) is 17.0. The second kappa shape index (κ2) is 9.81. The summed E-state index contributed by atoms with van der Waals surface area (Å²) in [6.45, 7) is 8.79. The van der Waals surface area contributed by atoms with Crippen LogP contribution in [0.2, 0.25) is 6.04 Å². The van der Waals surface area contributed by atoms with Crippen LogP contribution in [-0.4, -0.2) is 73.9 Å². The third kappa shape index (κ3) is 6.31. The van der Waals surface area contributed by atoms with Gasteiger partial charge in [0, 0.05) is 46.4 Å². The summed E-state index contributed by atoms with van der Waals surface area (Å²) < 4.78 is 17.2. The summed E-state index contributed by atoms with van der Waals surface area (Å²) in [5, 5.41) is 6.64. The third-order valence-electron chi connectivity index (χ3n) is 3.39. The zero-order chi connectivity index (χ0) is 14.0. The molecule has 0 aromatic carbocycles. The summed E-state index contributed by atoms with van der Waals surface area (Å²) in [6, 6.07) is 0.860. The molecule has 1 aliphatic rings. The normalized spacial score (nSPS) is 17.8. The lowest BCUT2D eigenvalue weighted by atomic mass is 10.4. The summed E-state index contributed by atoms with van der Waals surface area (Å²) in [6.07, 6.45) is 1.02. The van der Waals surface area contributed by atoms with Gasteiger partial charge in [-0.2, -0.15) is 0 Å². The Bertz CT molecular complexity index is 224. The predicted octanol–water partition coefficient (Wildman–Crippen LogP) is 0.0970. The van der Waals surface area contributed by atoms with E-state index < -0.39 is 8.80 Å². The highest BCUT2D eigenvalue weighted by molar-refractivity contribution is 6.60. The molecule has 0 radical (unpaired) electrons. The van der Waals surface area contributed by atoms with Crippen molar-refractivity contribution in [2.24, 2.45) is 0 Å². The molecule has 2 N–H and O–H groups in total. The average Bonchev–Trinajstić information content (AvgIpc) is 2.48. The van der Waals surface area contributed by atoms with E-state index in [1.54, 1.807) is 14.2 Å². The molecule has 1 rings (SSSR count). The van der Waals surface area contributed by atoms with E-state index in [1.165, 1.54) is 0 Å². The third-order valence-corrected chi connectivity index (χ3v) is 6.16. The van der Waals surface area contributed by atoms with E-state index in [2.05, 4.69) is 22.5 Å². The molecule has 1 fully saturated rings. The van der Waals surface area contributed by atoms with Gasteiger partial charge in [0.2, 0.25) is 0 Å². The first-order valence-electron chi connectivity index (χ1n) is 7.14. The number of rotatable bonds is 10. The fourth-order valence-corrected chi connectivity index (χ4v) is 4.06. The molecule has 1 saturated heterocycles. The molecule has 0 saturated carbocycles. The lowest BCUT2D eigenvalue weighted by molar-refractivity contribution is 0.0319. The maximum Gasteiger partial charge on any atom is 0.501 e. The number of hydrogen-bond acceptors (Lipinski definition) is 6. The van der Waals surface area contributed by atoms with Crippen LogP contribution in [0, 0.1) is 0 Å². The van der Waals surface area contributed by atoms with E-state index in [-0.39, 0.29) is 0 Å². The van der Waals surface area contributed by atoms with Crippen LogP contribution in [0.25, 0.3) is 0 Å². The summed E-state index contributed by atoms with van der Waals surface area (Å²) in [5.41, 5.74) is 0. The number of piperazine rings is 1. The predicted molar refractivity (Wildman–Crippen MR) is 78.1 cm³/mol. The summed E-state index contributed by atoms with van der Waals surface area (Å²) in [7, 11) is 0.911. The van der Waals surface area contributed by atoms with Crippen molar-refractivity contribution in [3.63, 3.8) is 0 Å². The van der Waals surface area contributed by atoms with Gasteiger partial charge in [0.1, 0.15) is 0 Å². The topological polar surface area (TPSA) is 55.0 Å². The van der Waals surface area contributed by atoms with Crippen LogP contribution in [0.5, 0.6) is 0 Å². The molecule has 0 bridgehead atoms. The van der Waals surface area contributed by atoms with E-state index in [1.807, 2.05) is 0 Å². The summed E-state index contributed by atoms with van der Waals surface area (Å²) >= 11 is 0. The van der Waals surface area contributed by atoms with Gasteiger partial charge in [0.05, 0.1) is 6.73 Å². The second-order valence-corrected chi connectivity index (χ2v) is 7.66. The van der Waals surface area contributed by atoms with Crippen LogP contribution < -0.4 is 10.6 Å². The Morgan fingerprint density at radius 2 is 1.89 bits per heavy atom. The number of nitrogens with one attached hydrogen (secondary N) is 2. The molecule has 0 aromatic heterocycles. The molecule has 0 unspecified atom stereocenters. The van der Waals surface area contributed by atoms with Gasteiger partial charge in [0.15, 0.2) is 0 Å². The standard InChI is InChI=1S/C12H29N3O3Si/c1-4-13-6-5-11-19(16-2,17-3)18-12-15-9-7-14-8-10-15/h13-14H,4-12H2,1-3H3. The van der Waals surface area contributed by atoms with Gasteiger partial charge in [0.25, 0.3) is 0 Å². The Labute approximate surface area is 118 Å². The Morgan fingerprint density at radius 1 is 1.21 bits per heavy atom. The monoisotopic (exact) mass is 291 g/mol. The van der Waals surface area contributed by atoms with Gasteiger partial charge in [-0.25, -0.2) is 0 Å². The van der Waals surface area contributed by atoms with Crippen LogP contribution in [-0.2, 0) is 13.3 Å². The van der Waals surface area contributed by atoms with Crippen molar-refractivity contribution in [1.82, 2.24) is 15.5 Å². The maximum absolute atomic E-state index is 6.01. The minimum Gasteiger partial charge on any atom is -0.377 e. The molecule has 0 aromatic rings. The maximum atomic E-state index is 6.01. The molecular formula is C12H29N3O3Si. The van der Waals surface area contributed by atoms with Gasteiger partial charge in [-0.3, -0.25) is 4.90 Å². The molecule has 0 atom stereocenters. The minimum atomic E-state index is -2.48. The molecule has 19 heavy (non-hydrogen) atoms. The van der Waals surface area contributed by atoms with Crippen LogP contribution >= 0.6 is 0 Å². The second-order valence-electron chi connectivity index (χ2n) is 4.69. The molecule has 0 spiro atoms. The van der Waals surface area contributed by atoms with E-state index in [4.69, 9.17) is 13.3 Å². The van der Waals surface area contributed by atoms with Gasteiger partial charge >= 0.3 is 8.80 Å². The molecule has 6 nitrogen and oxygen atoms in total. The van der Waals surface area contributed by atoms with Crippen LogP contribution in [0.3, 0.4) is 0 Å². The summed E-state index contributed by atoms with van der Waals surface area (Å²) in [5.74, 6) is 0. The van der Waals surface area contributed by atoms with E-state index in [0.29, 0.717) is 6.73 Å². The fraction of sp³-hybridized carbons (Fsp3) is 1.00. The number of hydrogen-bond donors (Lipinski definition) is 2. The van der Waals surface area contributed by atoms with Gasteiger partial charge in [-0.05, 0) is 19.5 Å². The molecule has 0 aliphatic carbocycles. The molecule has 0 amide bonds. The van der Waals surface area contributed by atoms with Crippen molar-refractivity contribution >= 4 is 8.80 Å². The smallest absolute Gasteiger partial charge is 0.377 e. The van der Waals surface area contributed by atoms with E-state index >= 15 is 0 Å². The Balaban J connectivity index is 2.31. The highest BCUT2D eigenvalue weighted by atomic mass is 28.4. The average molecular weight is 291 g/mol. The van der Waals surface area contributed by atoms with Crippen molar-refractivity contribution in [1.29, 1.82) is 0 Å². The minimum absolute atomic E-state index is 0.608. The first-order chi connectivity index (χ1) is 9.26. The van der Waals surface area contributed by atoms with Crippen molar-refractivity contribution in [2.45, 2.75) is 19.4 Å². The van der Waals surface area contributed by atoms with E-state index in [9.17, 15) is 0 Å². The van der Waals surface area contributed by atoms with Crippen molar-refractivity contribution in [3.05, 3.63) is 0 Å². The Kier molecular flexibility index (Phi) is 8.80. The molecule has 1 aliphatic heterocycles. The fourth-order valence-electron chi connectivity index (χ4n) is 2.11. The quantitative estimate of drug-likeness (QED) is 0.440. The SMILES string of the molecule is CCNCCC[Si](OC)(OC)OCN1CCNCC1. The van der Waals surface area contributed by atoms with E-state index in [0.717, 1.165) is 51.7 Å². The van der Waals surface area contributed by atoms with Gasteiger partial charge in [-0.15, -0.1) is 0 Å². The zero-order valence-corrected chi connectivity index (χ0v) is 13.5. The Morgan fingerprint density at radius 3 is 2.47 bits per heavy atom. The lowest BCUT2D eigenvalue weighted by Gasteiger charge is -2.32. The molecule has 114 valence electrons. The summed E-state index contributed by atoms with van der Waals surface area (Å²) in [4.78, 5) is 2.29. The van der Waals surface area contributed by atoms with Crippen LogP contribution in [0.15, 0.2) is 0 Å². The molecular weight excluding hydrogens is 262 g/mol. The van der Waals surface area contributed by atoms with Crippen molar-refractivity contribution < 1.29 is 13.3 Å². The van der Waals surface area contributed by atoms with Gasteiger partial charge in [-0.1, -0.05) is 6.92 Å². The first-order valence-corrected chi connectivity index (χ1v) is 9.07. The van der Waals surface area contributed by atoms with Crippen molar-refractivity contribution in [3.8, 4) is 0 Å². The Hall–Kier alpha value is -0.0231. The molecule has 1 heterocycles. The highest BCUT2D eigenvalue weighted by Gasteiger charge is 2.38. The zero-order valence-electron chi connectivity index (χ0n) is 12.5. The van der Waals surface area contributed by atoms with Gasteiger partial charge < -0.3 is 23.9 Å². The number of nitrogens with zero attached hydrogens (tertiary/aromatic N) is 1. The van der Waals surface area contributed by atoms with Crippen LogP contribution in [0.1, 0.15) is 13.3 Å². The molecule has 7 heteroatoms. The highest BCUT2D eigenvalue weighted by Crippen LogP contribution is 2.16. The van der Waals surface area contributed by atoms with Crippen molar-refractivity contribution in [2.75, 3.05) is 60.2 Å².